The molecule has 1 aliphatic rings. The highest BCUT2D eigenvalue weighted by molar-refractivity contribution is 5.99. The van der Waals surface area contributed by atoms with Crippen molar-refractivity contribution in [2.45, 2.75) is 38.6 Å². The number of aromatic nitrogens is 3. The number of carbonyl (C=O) groups is 1. The summed E-state index contributed by atoms with van der Waals surface area (Å²) in [4.78, 5) is 19.9. The molecule has 28 heavy (non-hydrogen) atoms. The van der Waals surface area contributed by atoms with Gasteiger partial charge in [0, 0.05) is 25.0 Å². The number of benzene rings is 1. The minimum Gasteiger partial charge on any atom is -0.335 e. The maximum atomic E-state index is 13.4. The van der Waals surface area contributed by atoms with Gasteiger partial charge in [0.1, 0.15) is 5.56 Å². The van der Waals surface area contributed by atoms with E-state index in [1.54, 1.807) is 16.9 Å². The Hall–Kier alpha value is -2.73. The molecule has 3 aromatic rings. The van der Waals surface area contributed by atoms with Gasteiger partial charge in [-0.15, -0.1) is 0 Å². The Labute approximate surface area is 165 Å². The van der Waals surface area contributed by atoms with Crippen LogP contribution < -0.4 is 5.73 Å². The standard InChI is InChI=1S/C22H27N5O/c1-16-13-24-21-19(14-25-27(21)15-16)22(28)26-10-6-5-9-20(26)18(12-23)11-17-7-3-2-4-8-17/h2-4,7-8,13-15,18,20H,5-6,9-12,23H2,1H3. The third kappa shape index (κ3) is 3.64. The Morgan fingerprint density at radius 3 is 2.86 bits per heavy atom. The number of fused-ring (bicyclic) bond motifs is 1. The number of nitrogens with zero attached hydrogens (tertiary/aromatic N) is 4. The van der Waals surface area contributed by atoms with Gasteiger partial charge in [-0.2, -0.15) is 5.10 Å². The van der Waals surface area contributed by atoms with Crippen LogP contribution in [0.5, 0.6) is 0 Å². The number of aryl methyl sites for hydroxylation is 1. The molecular weight excluding hydrogens is 350 g/mol. The quantitative estimate of drug-likeness (QED) is 0.742. The molecule has 6 heteroatoms. The van der Waals surface area contributed by atoms with Crippen LogP contribution in [0, 0.1) is 12.8 Å². The van der Waals surface area contributed by atoms with Crippen molar-refractivity contribution in [3.05, 3.63) is 65.6 Å². The van der Waals surface area contributed by atoms with Crippen LogP contribution in [0.4, 0.5) is 0 Å². The van der Waals surface area contributed by atoms with Crippen molar-refractivity contribution in [1.82, 2.24) is 19.5 Å². The van der Waals surface area contributed by atoms with Crippen LogP contribution in [-0.2, 0) is 6.42 Å². The van der Waals surface area contributed by atoms with E-state index in [4.69, 9.17) is 5.73 Å². The van der Waals surface area contributed by atoms with E-state index in [2.05, 4.69) is 34.3 Å². The highest BCUT2D eigenvalue weighted by atomic mass is 16.2. The van der Waals surface area contributed by atoms with Crippen LogP contribution in [0.25, 0.3) is 5.65 Å². The summed E-state index contributed by atoms with van der Waals surface area (Å²) in [7, 11) is 0. The van der Waals surface area contributed by atoms with Crippen LogP contribution in [0.2, 0.25) is 0 Å². The van der Waals surface area contributed by atoms with Gasteiger partial charge >= 0.3 is 0 Å². The molecule has 0 aliphatic carbocycles. The smallest absolute Gasteiger partial charge is 0.259 e. The second-order valence-electron chi connectivity index (χ2n) is 7.70. The molecule has 0 spiro atoms. The molecule has 1 amide bonds. The van der Waals surface area contributed by atoms with E-state index in [0.29, 0.717) is 17.8 Å². The number of carbonyl (C=O) groups excluding carboxylic acids is 1. The first-order valence-electron chi connectivity index (χ1n) is 10.0. The third-order valence-corrected chi connectivity index (χ3v) is 5.71. The Bertz CT molecular complexity index is 952. The average Bonchev–Trinajstić information content (AvgIpc) is 3.15. The molecule has 1 saturated heterocycles. The van der Waals surface area contributed by atoms with E-state index in [9.17, 15) is 4.79 Å². The number of piperidine rings is 1. The number of amides is 1. The molecule has 0 radical (unpaired) electrons. The predicted octanol–water partition coefficient (Wildman–Crippen LogP) is 2.85. The lowest BCUT2D eigenvalue weighted by molar-refractivity contribution is 0.0521. The van der Waals surface area contributed by atoms with Crippen LogP contribution in [0.15, 0.2) is 48.9 Å². The maximum Gasteiger partial charge on any atom is 0.259 e. The molecule has 2 aromatic heterocycles. The minimum atomic E-state index is 0.0163. The SMILES string of the molecule is Cc1cnc2c(C(=O)N3CCCCC3C(CN)Cc3ccccc3)cnn2c1. The fourth-order valence-corrected chi connectivity index (χ4v) is 4.27. The van der Waals surface area contributed by atoms with E-state index in [-0.39, 0.29) is 17.9 Å². The first-order valence-corrected chi connectivity index (χ1v) is 10.0. The van der Waals surface area contributed by atoms with Crippen molar-refractivity contribution < 1.29 is 4.79 Å². The first-order chi connectivity index (χ1) is 13.7. The van der Waals surface area contributed by atoms with Crippen LogP contribution in [0.3, 0.4) is 0 Å². The molecule has 1 aromatic carbocycles. The summed E-state index contributed by atoms with van der Waals surface area (Å²) in [5.74, 6) is 0.256. The van der Waals surface area contributed by atoms with Crippen molar-refractivity contribution in [2.75, 3.05) is 13.1 Å². The molecule has 2 unspecified atom stereocenters. The number of nitrogens with two attached hydrogens (primary N) is 1. The normalized spacial score (nSPS) is 18.4. The second-order valence-corrected chi connectivity index (χ2v) is 7.70. The topological polar surface area (TPSA) is 76.5 Å². The molecular formula is C22H27N5O. The largest absolute Gasteiger partial charge is 0.335 e. The zero-order valence-corrected chi connectivity index (χ0v) is 16.3. The molecule has 4 rings (SSSR count). The number of hydrogen-bond acceptors (Lipinski definition) is 4. The third-order valence-electron chi connectivity index (χ3n) is 5.71. The first kappa shape index (κ1) is 18.6. The van der Waals surface area contributed by atoms with Gasteiger partial charge < -0.3 is 10.6 Å². The van der Waals surface area contributed by atoms with E-state index in [1.165, 1.54) is 5.56 Å². The highest BCUT2D eigenvalue weighted by Gasteiger charge is 2.34. The van der Waals surface area contributed by atoms with Crippen LogP contribution in [0.1, 0.15) is 40.7 Å². The predicted molar refractivity (Wildman–Crippen MR) is 109 cm³/mol. The molecule has 2 N–H and O–H groups in total. The summed E-state index contributed by atoms with van der Waals surface area (Å²) < 4.78 is 1.69. The zero-order chi connectivity index (χ0) is 19.5. The van der Waals surface area contributed by atoms with Gasteiger partial charge in [0.15, 0.2) is 5.65 Å². The van der Waals surface area contributed by atoms with Crippen molar-refractivity contribution >= 4 is 11.6 Å². The van der Waals surface area contributed by atoms with E-state index >= 15 is 0 Å². The zero-order valence-electron chi connectivity index (χ0n) is 16.3. The molecule has 2 atom stereocenters. The van der Waals surface area contributed by atoms with Crippen LogP contribution >= 0.6 is 0 Å². The fourth-order valence-electron chi connectivity index (χ4n) is 4.27. The number of rotatable bonds is 5. The lowest BCUT2D eigenvalue weighted by atomic mass is 9.85. The summed E-state index contributed by atoms with van der Waals surface area (Å²) >= 11 is 0. The van der Waals surface area contributed by atoms with Gasteiger partial charge in [-0.25, -0.2) is 9.50 Å². The molecule has 0 bridgehead atoms. The Kier molecular flexibility index (Phi) is 5.39. The van der Waals surface area contributed by atoms with Gasteiger partial charge in [0.05, 0.1) is 6.20 Å². The monoisotopic (exact) mass is 377 g/mol. The Balaban J connectivity index is 1.61. The van der Waals surface area contributed by atoms with Gasteiger partial charge in [0.25, 0.3) is 5.91 Å². The summed E-state index contributed by atoms with van der Waals surface area (Å²) in [6.07, 6.45) is 9.35. The Morgan fingerprint density at radius 1 is 1.25 bits per heavy atom. The lowest BCUT2D eigenvalue weighted by Crippen LogP contribution is -2.50. The fraction of sp³-hybridized carbons (Fsp3) is 0.409. The molecule has 146 valence electrons. The van der Waals surface area contributed by atoms with E-state index < -0.39 is 0 Å². The van der Waals surface area contributed by atoms with Crippen molar-refractivity contribution in [1.29, 1.82) is 0 Å². The average molecular weight is 377 g/mol. The van der Waals surface area contributed by atoms with Gasteiger partial charge in [-0.05, 0) is 56.2 Å². The van der Waals surface area contributed by atoms with Gasteiger partial charge in [-0.1, -0.05) is 30.3 Å². The van der Waals surface area contributed by atoms with E-state index in [1.807, 2.05) is 24.1 Å². The maximum absolute atomic E-state index is 13.4. The highest BCUT2D eigenvalue weighted by Crippen LogP contribution is 2.28. The van der Waals surface area contributed by atoms with Gasteiger partial charge in [0.2, 0.25) is 0 Å². The van der Waals surface area contributed by atoms with Crippen LogP contribution in [-0.4, -0.2) is 44.5 Å². The summed E-state index contributed by atoms with van der Waals surface area (Å²) in [6.45, 7) is 3.29. The number of likely N-dealkylation sites (tertiary alicyclic amines) is 1. The van der Waals surface area contributed by atoms with Crippen molar-refractivity contribution in [3.63, 3.8) is 0 Å². The number of hydrogen-bond donors (Lipinski definition) is 1. The molecule has 1 fully saturated rings. The lowest BCUT2D eigenvalue weighted by Gasteiger charge is -2.40. The van der Waals surface area contributed by atoms with Crippen molar-refractivity contribution in [3.8, 4) is 0 Å². The Morgan fingerprint density at radius 2 is 2.07 bits per heavy atom. The summed E-state index contributed by atoms with van der Waals surface area (Å²) in [5.41, 5.74) is 9.64. The van der Waals surface area contributed by atoms with Gasteiger partial charge in [-0.3, -0.25) is 4.79 Å². The minimum absolute atomic E-state index is 0.0163. The van der Waals surface area contributed by atoms with Crippen molar-refractivity contribution in [2.24, 2.45) is 11.7 Å². The molecule has 1 aliphatic heterocycles. The molecule has 6 nitrogen and oxygen atoms in total. The second kappa shape index (κ2) is 8.10. The molecule has 0 saturated carbocycles. The summed E-state index contributed by atoms with van der Waals surface area (Å²) in [6, 6.07) is 10.5. The van der Waals surface area contributed by atoms with E-state index in [0.717, 1.165) is 37.8 Å². The summed E-state index contributed by atoms with van der Waals surface area (Å²) in [5, 5.41) is 4.34. The molecule has 3 heterocycles.